The Morgan fingerprint density at radius 1 is 1.07 bits per heavy atom. The SMILES string of the molecule is CCCc1nc(Cc2cc(S(=O)(=O)O)ccc2S(=O)(=O)O)nc(N2CCC(C)C2)n1. The molecular weight excluding hydrogens is 432 g/mol. The van der Waals surface area contributed by atoms with Crippen LogP contribution in [0.2, 0.25) is 0 Å². The Kier molecular flexibility index (Phi) is 6.41. The van der Waals surface area contributed by atoms with Crippen LogP contribution in [-0.2, 0) is 33.1 Å². The molecule has 0 saturated carbocycles. The summed E-state index contributed by atoms with van der Waals surface area (Å²) in [6.45, 7) is 5.70. The van der Waals surface area contributed by atoms with Crippen LogP contribution in [0.3, 0.4) is 0 Å². The molecule has 0 amide bonds. The Labute approximate surface area is 175 Å². The first kappa shape index (κ1) is 22.5. The Balaban J connectivity index is 2.07. The summed E-state index contributed by atoms with van der Waals surface area (Å²) in [5, 5.41) is 0. The van der Waals surface area contributed by atoms with Crippen molar-refractivity contribution in [3.05, 3.63) is 35.4 Å². The first-order valence-electron chi connectivity index (χ1n) is 9.54. The monoisotopic (exact) mass is 456 g/mol. The average Bonchev–Trinajstić information content (AvgIpc) is 3.06. The Hall–Kier alpha value is -2.15. The molecule has 0 bridgehead atoms. The molecule has 164 valence electrons. The minimum atomic E-state index is -4.63. The van der Waals surface area contributed by atoms with Crippen LogP contribution in [0.25, 0.3) is 0 Å². The van der Waals surface area contributed by atoms with Crippen molar-refractivity contribution in [3.63, 3.8) is 0 Å². The standard InChI is InChI=1S/C18H24N4O6S2/c1-3-4-16-19-17(21-18(20-16)22-8-7-12(2)11-22)10-13-9-14(29(23,24)25)5-6-15(13)30(26,27)28/h5-6,9,12H,3-4,7-8,10-11H2,1-2H3,(H,23,24,25)(H,26,27,28). The van der Waals surface area contributed by atoms with E-state index in [0.717, 1.165) is 44.1 Å². The van der Waals surface area contributed by atoms with Crippen molar-refractivity contribution in [3.8, 4) is 0 Å². The van der Waals surface area contributed by atoms with Gasteiger partial charge in [-0.3, -0.25) is 9.11 Å². The lowest BCUT2D eigenvalue weighted by atomic mass is 10.1. The quantitative estimate of drug-likeness (QED) is 0.590. The normalized spacial score (nSPS) is 17.5. The van der Waals surface area contributed by atoms with Gasteiger partial charge in [0.2, 0.25) is 5.95 Å². The molecule has 2 N–H and O–H groups in total. The second-order valence-corrected chi connectivity index (χ2v) is 10.3. The summed E-state index contributed by atoms with van der Waals surface area (Å²) >= 11 is 0. The molecule has 1 atom stereocenters. The van der Waals surface area contributed by atoms with Crippen molar-refractivity contribution in [2.75, 3.05) is 18.0 Å². The van der Waals surface area contributed by atoms with E-state index in [2.05, 4.69) is 21.9 Å². The predicted octanol–water partition coefficient (Wildman–Crippen LogP) is 1.75. The van der Waals surface area contributed by atoms with Gasteiger partial charge in [-0.2, -0.15) is 26.8 Å². The second-order valence-electron chi connectivity index (χ2n) is 7.45. The molecule has 0 spiro atoms. The lowest BCUT2D eigenvalue weighted by Crippen LogP contribution is -2.23. The van der Waals surface area contributed by atoms with E-state index in [4.69, 9.17) is 0 Å². The van der Waals surface area contributed by atoms with Gasteiger partial charge in [-0.25, -0.2) is 4.98 Å². The van der Waals surface area contributed by atoms with Crippen LogP contribution in [-0.4, -0.2) is 54.0 Å². The summed E-state index contributed by atoms with van der Waals surface area (Å²) < 4.78 is 65.4. The van der Waals surface area contributed by atoms with Gasteiger partial charge in [-0.15, -0.1) is 0 Å². The zero-order valence-electron chi connectivity index (χ0n) is 16.7. The van der Waals surface area contributed by atoms with Crippen LogP contribution in [0.1, 0.15) is 43.9 Å². The maximum absolute atomic E-state index is 11.8. The molecule has 1 aliphatic heterocycles. The molecule has 1 saturated heterocycles. The highest BCUT2D eigenvalue weighted by molar-refractivity contribution is 7.86. The molecule has 2 heterocycles. The van der Waals surface area contributed by atoms with Crippen molar-refractivity contribution in [1.29, 1.82) is 0 Å². The topological polar surface area (TPSA) is 151 Å². The molecule has 3 rings (SSSR count). The van der Waals surface area contributed by atoms with Crippen LogP contribution in [0.15, 0.2) is 28.0 Å². The van der Waals surface area contributed by atoms with Gasteiger partial charge in [0.05, 0.1) is 9.79 Å². The van der Waals surface area contributed by atoms with E-state index in [1.54, 1.807) is 0 Å². The zero-order chi connectivity index (χ0) is 22.1. The average molecular weight is 457 g/mol. The number of rotatable bonds is 7. The predicted molar refractivity (Wildman–Crippen MR) is 109 cm³/mol. The fourth-order valence-corrected chi connectivity index (χ4v) is 4.64. The molecule has 30 heavy (non-hydrogen) atoms. The number of aromatic nitrogens is 3. The maximum Gasteiger partial charge on any atom is 0.294 e. The Morgan fingerprint density at radius 2 is 1.77 bits per heavy atom. The van der Waals surface area contributed by atoms with Gasteiger partial charge in [0, 0.05) is 25.9 Å². The number of hydrogen-bond acceptors (Lipinski definition) is 8. The highest BCUT2D eigenvalue weighted by Crippen LogP contribution is 2.24. The van der Waals surface area contributed by atoms with Crippen molar-refractivity contribution >= 4 is 26.2 Å². The van der Waals surface area contributed by atoms with Gasteiger partial charge >= 0.3 is 0 Å². The van der Waals surface area contributed by atoms with Crippen molar-refractivity contribution in [1.82, 2.24) is 15.0 Å². The number of anilines is 1. The Bertz CT molecular complexity index is 1150. The van der Waals surface area contributed by atoms with Crippen molar-refractivity contribution < 1.29 is 25.9 Å². The largest absolute Gasteiger partial charge is 0.340 e. The first-order valence-corrected chi connectivity index (χ1v) is 12.4. The third-order valence-corrected chi connectivity index (χ3v) is 6.66. The fourth-order valence-electron chi connectivity index (χ4n) is 3.40. The smallest absolute Gasteiger partial charge is 0.294 e. The minimum absolute atomic E-state index is 0.0398. The molecule has 1 aromatic heterocycles. The number of aryl methyl sites for hydroxylation is 1. The molecule has 0 aliphatic carbocycles. The lowest BCUT2D eigenvalue weighted by Gasteiger charge is -2.17. The van der Waals surface area contributed by atoms with Crippen LogP contribution >= 0.6 is 0 Å². The van der Waals surface area contributed by atoms with Gasteiger partial charge < -0.3 is 4.90 Å². The van der Waals surface area contributed by atoms with E-state index in [0.29, 0.717) is 24.1 Å². The third-order valence-electron chi connectivity index (χ3n) is 4.85. The van der Waals surface area contributed by atoms with Gasteiger partial charge in [0.15, 0.2) is 0 Å². The van der Waals surface area contributed by atoms with Gasteiger partial charge in [0.25, 0.3) is 20.2 Å². The van der Waals surface area contributed by atoms with Gasteiger partial charge in [-0.05, 0) is 42.5 Å². The molecule has 1 fully saturated rings. The number of hydrogen-bond donors (Lipinski definition) is 2. The molecule has 2 aromatic rings. The van der Waals surface area contributed by atoms with Crippen LogP contribution in [0.4, 0.5) is 5.95 Å². The number of benzene rings is 1. The van der Waals surface area contributed by atoms with E-state index < -0.39 is 30.0 Å². The van der Waals surface area contributed by atoms with Crippen molar-refractivity contribution in [2.24, 2.45) is 5.92 Å². The maximum atomic E-state index is 11.8. The number of nitrogens with zero attached hydrogens (tertiary/aromatic N) is 4. The molecule has 1 aliphatic rings. The Morgan fingerprint density at radius 3 is 2.33 bits per heavy atom. The minimum Gasteiger partial charge on any atom is -0.340 e. The molecule has 10 nitrogen and oxygen atoms in total. The molecular formula is C18H24N4O6S2. The fraction of sp³-hybridized carbons (Fsp3) is 0.500. The van der Waals surface area contributed by atoms with Gasteiger partial charge in [-0.1, -0.05) is 13.8 Å². The van der Waals surface area contributed by atoms with Crippen molar-refractivity contribution in [2.45, 2.75) is 49.3 Å². The molecule has 12 heteroatoms. The van der Waals surface area contributed by atoms with E-state index >= 15 is 0 Å². The first-order chi connectivity index (χ1) is 14.0. The summed E-state index contributed by atoms with van der Waals surface area (Å²) in [5.74, 6) is 1.79. The molecule has 0 radical (unpaired) electrons. The second kappa shape index (κ2) is 8.53. The summed E-state index contributed by atoms with van der Waals surface area (Å²) in [6.07, 6.45) is 2.25. The van der Waals surface area contributed by atoms with E-state index in [-0.39, 0.29) is 17.8 Å². The zero-order valence-corrected chi connectivity index (χ0v) is 18.3. The van der Waals surface area contributed by atoms with E-state index in [1.165, 1.54) is 0 Å². The van der Waals surface area contributed by atoms with E-state index in [9.17, 15) is 25.9 Å². The highest BCUT2D eigenvalue weighted by Gasteiger charge is 2.24. The summed E-state index contributed by atoms with van der Waals surface area (Å²) in [5.41, 5.74) is -0.0398. The summed E-state index contributed by atoms with van der Waals surface area (Å²) in [7, 11) is -9.19. The lowest BCUT2D eigenvalue weighted by molar-refractivity contribution is 0.477. The van der Waals surface area contributed by atoms with Crippen LogP contribution in [0.5, 0.6) is 0 Å². The summed E-state index contributed by atoms with van der Waals surface area (Å²) in [4.78, 5) is 14.4. The van der Waals surface area contributed by atoms with Crippen LogP contribution < -0.4 is 4.90 Å². The molecule has 1 aromatic carbocycles. The third kappa shape index (κ3) is 5.31. The van der Waals surface area contributed by atoms with Crippen LogP contribution in [0, 0.1) is 5.92 Å². The molecule has 1 unspecified atom stereocenters. The van der Waals surface area contributed by atoms with E-state index in [1.807, 2.05) is 11.8 Å². The summed E-state index contributed by atoms with van der Waals surface area (Å²) in [6, 6.07) is 2.85. The van der Waals surface area contributed by atoms with Gasteiger partial charge in [0.1, 0.15) is 11.6 Å². The highest BCUT2D eigenvalue weighted by atomic mass is 32.2.